The molecule has 1 fully saturated rings. The van der Waals surface area contributed by atoms with Gasteiger partial charge in [0.2, 0.25) is 0 Å². The summed E-state index contributed by atoms with van der Waals surface area (Å²) in [6.45, 7) is 4.63. The average molecular weight is 279 g/mol. The van der Waals surface area contributed by atoms with Gasteiger partial charge in [0.05, 0.1) is 11.0 Å². The highest BCUT2D eigenvalue weighted by molar-refractivity contribution is 9.10. The van der Waals surface area contributed by atoms with Gasteiger partial charge in [-0.1, -0.05) is 29.8 Å². The highest BCUT2D eigenvalue weighted by atomic mass is 79.9. The quantitative estimate of drug-likeness (QED) is 0.875. The summed E-state index contributed by atoms with van der Waals surface area (Å²) in [4.78, 5) is 8.13. The molecule has 1 atom stereocenters. The number of benzene rings is 1. The first kappa shape index (κ1) is 10.3. The summed E-state index contributed by atoms with van der Waals surface area (Å²) < 4.78 is 1.10. The van der Waals surface area contributed by atoms with E-state index in [0.29, 0.717) is 11.3 Å². The van der Waals surface area contributed by atoms with E-state index >= 15 is 0 Å². The normalized spacial score (nSPS) is 19.9. The lowest BCUT2D eigenvalue weighted by Crippen LogP contribution is -2.07. The molecule has 1 aliphatic rings. The van der Waals surface area contributed by atoms with Gasteiger partial charge in [-0.25, -0.2) is 4.98 Å². The fraction of sp³-hybridized carbons (Fsp3) is 0.462. The molecule has 16 heavy (non-hydrogen) atoms. The van der Waals surface area contributed by atoms with E-state index in [1.807, 2.05) is 6.07 Å². The van der Waals surface area contributed by atoms with Crippen LogP contribution in [0.15, 0.2) is 22.7 Å². The Morgan fingerprint density at radius 2 is 2.19 bits per heavy atom. The van der Waals surface area contributed by atoms with Crippen LogP contribution in [0, 0.1) is 5.41 Å². The number of H-pyrrole nitrogens is 1. The van der Waals surface area contributed by atoms with Crippen molar-refractivity contribution < 1.29 is 0 Å². The molecule has 1 aromatic heterocycles. The highest BCUT2D eigenvalue weighted by Crippen LogP contribution is 2.54. The molecule has 1 aromatic carbocycles. The Labute approximate surface area is 104 Å². The predicted molar refractivity (Wildman–Crippen MR) is 69.5 cm³/mol. The zero-order valence-electron chi connectivity index (χ0n) is 9.55. The van der Waals surface area contributed by atoms with Crippen molar-refractivity contribution in [2.75, 3.05) is 0 Å². The summed E-state index contributed by atoms with van der Waals surface area (Å²) >= 11 is 3.48. The van der Waals surface area contributed by atoms with Gasteiger partial charge < -0.3 is 4.98 Å². The van der Waals surface area contributed by atoms with Gasteiger partial charge in [0.1, 0.15) is 5.82 Å². The van der Waals surface area contributed by atoms with Crippen LogP contribution in [0.2, 0.25) is 0 Å². The molecule has 3 heteroatoms. The third-order valence-corrected chi connectivity index (χ3v) is 4.45. The third kappa shape index (κ3) is 1.58. The maximum Gasteiger partial charge on any atom is 0.110 e. The van der Waals surface area contributed by atoms with E-state index in [9.17, 15) is 0 Å². The molecule has 84 valence electrons. The van der Waals surface area contributed by atoms with Crippen LogP contribution in [-0.2, 0) is 0 Å². The van der Waals surface area contributed by atoms with Crippen LogP contribution in [-0.4, -0.2) is 9.97 Å². The van der Waals surface area contributed by atoms with Gasteiger partial charge in [0.25, 0.3) is 0 Å². The summed E-state index contributed by atoms with van der Waals surface area (Å²) in [5.74, 6) is 1.66. The third-order valence-electron chi connectivity index (χ3n) is 3.96. The Morgan fingerprint density at radius 3 is 2.88 bits per heavy atom. The molecule has 0 bridgehead atoms. The molecule has 0 saturated heterocycles. The van der Waals surface area contributed by atoms with E-state index in [4.69, 9.17) is 0 Å². The number of aromatic nitrogens is 2. The molecule has 1 aliphatic carbocycles. The molecule has 2 nitrogen and oxygen atoms in total. The van der Waals surface area contributed by atoms with Crippen molar-refractivity contribution in [3.05, 3.63) is 28.5 Å². The van der Waals surface area contributed by atoms with Crippen molar-refractivity contribution in [1.82, 2.24) is 9.97 Å². The van der Waals surface area contributed by atoms with Gasteiger partial charge in [-0.2, -0.15) is 0 Å². The van der Waals surface area contributed by atoms with Crippen molar-refractivity contribution in [3.8, 4) is 0 Å². The first-order chi connectivity index (χ1) is 7.58. The van der Waals surface area contributed by atoms with Crippen LogP contribution in [0.3, 0.4) is 0 Å². The first-order valence-electron chi connectivity index (χ1n) is 5.74. The minimum atomic E-state index is 0.477. The van der Waals surface area contributed by atoms with Crippen LogP contribution in [0.1, 0.15) is 38.4 Å². The number of hydrogen-bond donors (Lipinski definition) is 1. The van der Waals surface area contributed by atoms with Crippen LogP contribution < -0.4 is 0 Å². The van der Waals surface area contributed by atoms with Gasteiger partial charge in [0.15, 0.2) is 0 Å². The van der Waals surface area contributed by atoms with E-state index in [1.165, 1.54) is 12.8 Å². The lowest BCUT2D eigenvalue weighted by Gasteiger charge is -2.15. The van der Waals surface area contributed by atoms with Crippen molar-refractivity contribution >= 4 is 27.0 Å². The van der Waals surface area contributed by atoms with Crippen molar-refractivity contribution in [1.29, 1.82) is 0 Å². The predicted octanol–water partition coefficient (Wildman–Crippen LogP) is 4.23. The van der Waals surface area contributed by atoms with E-state index < -0.39 is 0 Å². The monoisotopic (exact) mass is 278 g/mol. The lowest BCUT2D eigenvalue weighted by atomic mass is 9.92. The molecule has 0 spiro atoms. The van der Waals surface area contributed by atoms with Crippen LogP contribution in [0.25, 0.3) is 11.0 Å². The summed E-state index contributed by atoms with van der Waals surface area (Å²) in [6, 6.07) is 6.19. The molecule has 0 radical (unpaired) electrons. The maximum atomic E-state index is 4.68. The fourth-order valence-corrected chi connectivity index (χ4v) is 2.53. The van der Waals surface area contributed by atoms with E-state index in [-0.39, 0.29) is 0 Å². The van der Waals surface area contributed by atoms with Gasteiger partial charge in [0, 0.05) is 10.4 Å². The SMILES string of the molecule is C[C@H](c1nc2ccc(Br)cc2[nH]1)C1(C)CC1. The average Bonchev–Trinajstić information content (AvgIpc) is 2.87. The molecule has 0 aliphatic heterocycles. The van der Waals surface area contributed by atoms with E-state index in [1.54, 1.807) is 0 Å². The second kappa shape index (κ2) is 3.33. The Hall–Kier alpha value is -0.830. The molecule has 3 rings (SSSR count). The number of halogens is 1. The molecule has 1 saturated carbocycles. The minimum absolute atomic E-state index is 0.477. The summed E-state index contributed by atoms with van der Waals surface area (Å²) in [7, 11) is 0. The molecule has 0 unspecified atom stereocenters. The largest absolute Gasteiger partial charge is 0.342 e. The summed E-state index contributed by atoms with van der Waals surface area (Å²) in [5.41, 5.74) is 2.67. The molecule has 1 N–H and O–H groups in total. The van der Waals surface area contributed by atoms with Gasteiger partial charge in [-0.05, 0) is 36.5 Å². The number of rotatable bonds is 2. The maximum absolute atomic E-state index is 4.68. The zero-order valence-corrected chi connectivity index (χ0v) is 11.1. The topological polar surface area (TPSA) is 28.7 Å². The second-order valence-corrected chi connectivity index (χ2v) is 6.07. The van der Waals surface area contributed by atoms with E-state index in [2.05, 4.69) is 51.9 Å². The number of fused-ring (bicyclic) bond motifs is 1. The first-order valence-corrected chi connectivity index (χ1v) is 6.53. The molecule has 2 aromatic rings. The van der Waals surface area contributed by atoms with Gasteiger partial charge in [-0.15, -0.1) is 0 Å². The standard InChI is InChI=1S/C13H15BrN2/c1-8(13(2)5-6-13)12-15-10-4-3-9(14)7-11(10)16-12/h3-4,7-8H,5-6H2,1-2H3,(H,15,16)/t8-/m1/s1. The highest BCUT2D eigenvalue weighted by Gasteiger charge is 2.44. The molecular weight excluding hydrogens is 264 g/mol. The Bertz CT molecular complexity index is 540. The number of hydrogen-bond acceptors (Lipinski definition) is 1. The Balaban J connectivity index is 2.05. The summed E-state index contributed by atoms with van der Waals surface area (Å²) in [6.07, 6.45) is 2.66. The second-order valence-electron chi connectivity index (χ2n) is 5.16. The number of aromatic amines is 1. The number of nitrogens with one attached hydrogen (secondary N) is 1. The van der Waals surface area contributed by atoms with Crippen molar-refractivity contribution in [3.63, 3.8) is 0 Å². The van der Waals surface area contributed by atoms with Gasteiger partial charge >= 0.3 is 0 Å². The summed E-state index contributed by atoms with van der Waals surface area (Å²) in [5, 5.41) is 0. The lowest BCUT2D eigenvalue weighted by molar-refractivity contribution is 0.453. The molecular formula is C13H15BrN2. The van der Waals surface area contributed by atoms with Crippen LogP contribution >= 0.6 is 15.9 Å². The number of imidazole rings is 1. The van der Waals surface area contributed by atoms with Crippen LogP contribution in [0.5, 0.6) is 0 Å². The minimum Gasteiger partial charge on any atom is -0.342 e. The zero-order chi connectivity index (χ0) is 11.3. The number of nitrogens with zero attached hydrogens (tertiary/aromatic N) is 1. The smallest absolute Gasteiger partial charge is 0.110 e. The Morgan fingerprint density at radius 1 is 1.44 bits per heavy atom. The van der Waals surface area contributed by atoms with Crippen molar-refractivity contribution in [2.24, 2.45) is 5.41 Å². The van der Waals surface area contributed by atoms with Crippen LogP contribution in [0.4, 0.5) is 0 Å². The molecule has 1 heterocycles. The fourth-order valence-electron chi connectivity index (χ4n) is 2.17. The van der Waals surface area contributed by atoms with Crippen molar-refractivity contribution in [2.45, 2.75) is 32.6 Å². The Kier molecular flexibility index (Phi) is 2.15. The van der Waals surface area contributed by atoms with Gasteiger partial charge in [-0.3, -0.25) is 0 Å². The molecule has 0 amide bonds. The van der Waals surface area contributed by atoms with E-state index in [0.717, 1.165) is 21.3 Å².